The van der Waals surface area contributed by atoms with Crippen molar-refractivity contribution >= 4 is 11.7 Å². The van der Waals surface area contributed by atoms with E-state index in [0.29, 0.717) is 24.9 Å². The van der Waals surface area contributed by atoms with Crippen molar-refractivity contribution in [3.63, 3.8) is 0 Å². The van der Waals surface area contributed by atoms with Crippen LogP contribution in [0.2, 0.25) is 0 Å². The molecule has 0 heterocycles. The molecule has 132 valence electrons. The van der Waals surface area contributed by atoms with Crippen LogP contribution < -0.4 is 31.8 Å². The first-order valence-corrected chi connectivity index (χ1v) is 8.28. The van der Waals surface area contributed by atoms with Crippen LogP contribution in [0.1, 0.15) is 30.4 Å². The predicted molar refractivity (Wildman–Crippen MR) is 98.2 cm³/mol. The lowest BCUT2D eigenvalue weighted by atomic mass is 10.2. The molecule has 0 aliphatic carbocycles. The second-order valence-electron chi connectivity index (χ2n) is 5.72. The summed E-state index contributed by atoms with van der Waals surface area (Å²) in [6.45, 7) is 1.28. The first-order valence-electron chi connectivity index (χ1n) is 8.28. The largest absolute Gasteiger partial charge is 0.494 e. The number of amidine groups is 2. The summed E-state index contributed by atoms with van der Waals surface area (Å²) in [7, 11) is 0. The smallest absolute Gasteiger partial charge is 0.270 e. The van der Waals surface area contributed by atoms with Crippen molar-refractivity contribution < 1.29 is 20.3 Å². The molecule has 0 radical (unpaired) electrons. The third-order valence-electron chi connectivity index (χ3n) is 3.66. The van der Waals surface area contributed by atoms with Gasteiger partial charge < -0.3 is 9.47 Å². The van der Waals surface area contributed by atoms with Gasteiger partial charge in [0.2, 0.25) is 0 Å². The predicted octanol–water partition coefficient (Wildman–Crippen LogP) is -0.756. The average Bonchev–Trinajstić information content (AvgIpc) is 2.61. The minimum Gasteiger partial charge on any atom is -0.494 e. The Balaban J connectivity index is 1.62. The van der Waals surface area contributed by atoms with E-state index in [9.17, 15) is 0 Å². The van der Waals surface area contributed by atoms with Crippen LogP contribution in [0.4, 0.5) is 0 Å². The normalized spacial score (nSPS) is 10.2. The van der Waals surface area contributed by atoms with Crippen LogP contribution in [0.25, 0.3) is 0 Å². The quantitative estimate of drug-likeness (QED) is 0.258. The summed E-state index contributed by atoms with van der Waals surface area (Å²) in [5.41, 5.74) is 12.7. The zero-order valence-corrected chi connectivity index (χ0v) is 14.3. The van der Waals surface area contributed by atoms with Gasteiger partial charge in [0, 0.05) is 0 Å². The minimum atomic E-state index is 0.292. The van der Waals surface area contributed by atoms with E-state index < -0.39 is 0 Å². The topological polar surface area (TPSA) is 122 Å². The number of hydrogen-bond donors (Lipinski definition) is 4. The van der Waals surface area contributed by atoms with E-state index in [4.69, 9.17) is 31.8 Å². The highest BCUT2D eigenvalue weighted by Crippen LogP contribution is 2.14. The maximum atomic E-state index is 5.71. The molecule has 6 nitrogen and oxygen atoms in total. The van der Waals surface area contributed by atoms with Crippen molar-refractivity contribution in [1.82, 2.24) is 0 Å². The van der Waals surface area contributed by atoms with Gasteiger partial charge in [0.1, 0.15) is 11.5 Å². The number of benzene rings is 2. The van der Waals surface area contributed by atoms with E-state index in [1.165, 1.54) is 0 Å². The van der Waals surface area contributed by atoms with Gasteiger partial charge in [-0.05, 0) is 55.7 Å². The van der Waals surface area contributed by atoms with Gasteiger partial charge in [-0.25, -0.2) is 0 Å². The van der Waals surface area contributed by atoms with Gasteiger partial charge in [-0.1, -0.05) is 12.1 Å². The highest BCUT2D eigenvalue weighted by molar-refractivity contribution is 5.93. The first-order chi connectivity index (χ1) is 12.1. The Morgan fingerprint density at radius 2 is 1.16 bits per heavy atom. The van der Waals surface area contributed by atoms with Crippen molar-refractivity contribution in [3.05, 3.63) is 59.7 Å². The Hall–Kier alpha value is -3.02. The molecule has 0 aromatic heterocycles. The number of rotatable bonds is 10. The average molecular weight is 342 g/mol. The number of unbranched alkanes of at least 4 members (excludes halogenated alkanes) is 2. The number of ether oxygens (including phenoxy) is 2. The molecule has 0 atom stereocenters. The maximum absolute atomic E-state index is 5.71. The fourth-order valence-corrected chi connectivity index (χ4v) is 2.29. The molecule has 0 aliphatic rings. The van der Waals surface area contributed by atoms with E-state index in [-0.39, 0.29) is 0 Å². The van der Waals surface area contributed by atoms with Crippen LogP contribution >= 0.6 is 0 Å². The summed E-state index contributed by atoms with van der Waals surface area (Å²) in [6, 6.07) is 14.9. The number of hydrogen-bond acceptors (Lipinski definition) is 2. The lowest BCUT2D eigenvalue weighted by Crippen LogP contribution is -2.46. The third kappa shape index (κ3) is 6.18. The second-order valence-corrected chi connectivity index (χ2v) is 5.72. The molecule has 0 saturated heterocycles. The van der Waals surface area contributed by atoms with Gasteiger partial charge in [-0.2, -0.15) is 0 Å². The van der Waals surface area contributed by atoms with E-state index in [0.717, 1.165) is 41.9 Å². The van der Waals surface area contributed by atoms with Crippen molar-refractivity contribution in [2.75, 3.05) is 13.2 Å². The molecule has 0 aliphatic heterocycles. The summed E-state index contributed by atoms with van der Waals surface area (Å²) in [4.78, 5) is 0. The van der Waals surface area contributed by atoms with Crippen LogP contribution in [0.15, 0.2) is 48.5 Å². The van der Waals surface area contributed by atoms with Gasteiger partial charge in [0.05, 0.1) is 24.3 Å². The maximum Gasteiger partial charge on any atom is 0.270 e. The molecule has 0 spiro atoms. The first kappa shape index (κ1) is 18.3. The van der Waals surface area contributed by atoms with Crippen molar-refractivity contribution in [2.45, 2.75) is 19.3 Å². The zero-order valence-electron chi connectivity index (χ0n) is 14.3. The molecule has 2 aromatic rings. The van der Waals surface area contributed by atoms with Gasteiger partial charge in [0.15, 0.2) is 0 Å². The number of nitrogens with two attached hydrogens (primary N) is 4. The molecule has 0 saturated carbocycles. The van der Waals surface area contributed by atoms with E-state index in [2.05, 4.69) is 0 Å². The SMILES string of the molecule is NC(=[NH2+])c1cccc(OCCCCCOc2cccc(C(N)=[NH2+])c2)c1. The standard InChI is InChI=1S/C19H24N4O2/c20-18(21)14-6-4-8-16(12-14)24-10-2-1-3-11-25-17-9-5-7-15(13-17)19(22)23/h4-9,12-13H,1-3,10-11H2,(H3,20,21)(H3,22,23)/p+2. The second kappa shape index (κ2) is 9.32. The van der Waals surface area contributed by atoms with E-state index in [1.54, 1.807) is 0 Å². The molecule has 0 fully saturated rings. The third-order valence-corrected chi connectivity index (χ3v) is 3.66. The summed E-state index contributed by atoms with van der Waals surface area (Å²) < 4.78 is 11.4. The monoisotopic (exact) mass is 342 g/mol. The molecule has 25 heavy (non-hydrogen) atoms. The Morgan fingerprint density at radius 1 is 0.720 bits per heavy atom. The molecule has 2 aromatic carbocycles. The van der Waals surface area contributed by atoms with Crippen LogP contribution in [0, 0.1) is 0 Å². The zero-order chi connectivity index (χ0) is 18.1. The van der Waals surface area contributed by atoms with Crippen molar-refractivity contribution in [2.24, 2.45) is 11.5 Å². The lowest BCUT2D eigenvalue weighted by Gasteiger charge is -2.08. The molecule has 2 rings (SSSR count). The summed E-state index contributed by atoms with van der Waals surface area (Å²) >= 11 is 0. The molecular weight excluding hydrogens is 316 g/mol. The highest BCUT2D eigenvalue weighted by atomic mass is 16.5. The van der Waals surface area contributed by atoms with Gasteiger partial charge >= 0.3 is 0 Å². The summed E-state index contributed by atoms with van der Waals surface area (Å²) in [5, 5.41) is 11.2. The Labute approximate surface area is 147 Å². The van der Waals surface area contributed by atoms with Crippen molar-refractivity contribution in [3.8, 4) is 11.5 Å². The fourth-order valence-electron chi connectivity index (χ4n) is 2.29. The van der Waals surface area contributed by atoms with Gasteiger partial charge in [-0.15, -0.1) is 0 Å². The summed E-state index contributed by atoms with van der Waals surface area (Å²) in [6.07, 6.45) is 2.90. The van der Waals surface area contributed by atoms with Gasteiger partial charge in [-0.3, -0.25) is 22.3 Å². The van der Waals surface area contributed by atoms with Crippen molar-refractivity contribution in [1.29, 1.82) is 0 Å². The molecule has 0 bridgehead atoms. The Kier molecular flexibility index (Phi) is 6.83. The lowest BCUT2D eigenvalue weighted by molar-refractivity contribution is -0.115. The summed E-state index contributed by atoms with van der Waals surface area (Å²) in [5.74, 6) is 2.13. The van der Waals surface area contributed by atoms with Crippen LogP contribution in [0.3, 0.4) is 0 Å². The molecular formula is C19H26N4O2+2. The fraction of sp³-hybridized carbons (Fsp3) is 0.263. The Morgan fingerprint density at radius 3 is 1.56 bits per heavy atom. The Bertz CT molecular complexity index is 669. The van der Waals surface area contributed by atoms with E-state index in [1.807, 2.05) is 48.5 Å². The van der Waals surface area contributed by atoms with Crippen LogP contribution in [0.5, 0.6) is 11.5 Å². The molecule has 0 amide bonds. The highest BCUT2D eigenvalue weighted by Gasteiger charge is 2.04. The minimum absolute atomic E-state index is 0.292. The molecule has 0 unspecified atom stereocenters. The molecule has 6 heteroatoms. The van der Waals surface area contributed by atoms with E-state index >= 15 is 0 Å². The van der Waals surface area contributed by atoms with Gasteiger partial charge in [0.25, 0.3) is 11.7 Å². The van der Waals surface area contributed by atoms with Crippen LogP contribution in [-0.2, 0) is 0 Å². The van der Waals surface area contributed by atoms with Crippen LogP contribution in [-0.4, -0.2) is 24.9 Å². The molecule has 8 N–H and O–H groups in total.